The number of amidine groups is 1. The van der Waals surface area contributed by atoms with Crippen LogP contribution in [0.1, 0.15) is 42.6 Å². The van der Waals surface area contributed by atoms with E-state index in [1.54, 1.807) is 0 Å². The van der Waals surface area contributed by atoms with Crippen molar-refractivity contribution in [2.75, 3.05) is 0 Å². The van der Waals surface area contributed by atoms with Gasteiger partial charge in [-0.15, -0.1) is 11.8 Å². The van der Waals surface area contributed by atoms with E-state index >= 15 is 0 Å². The molecular formula is C13H19N3OS. The monoisotopic (exact) mass is 265 g/mol. The molecule has 98 valence electrons. The van der Waals surface area contributed by atoms with Crippen LogP contribution in [0.5, 0.6) is 0 Å². The van der Waals surface area contributed by atoms with Gasteiger partial charge in [0.15, 0.2) is 5.84 Å². The van der Waals surface area contributed by atoms with Crippen LogP contribution in [0.25, 0.3) is 0 Å². The van der Waals surface area contributed by atoms with Gasteiger partial charge in [-0.25, -0.2) is 0 Å². The van der Waals surface area contributed by atoms with Gasteiger partial charge in [0.25, 0.3) is 0 Å². The van der Waals surface area contributed by atoms with Crippen molar-refractivity contribution in [3.63, 3.8) is 0 Å². The van der Waals surface area contributed by atoms with Crippen LogP contribution in [0.4, 0.5) is 0 Å². The molecule has 5 heteroatoms. The average Bonchev–Trinajstić information content (AvgIpc) is 2.80. The maximum Gasteiger partial charge on any atom is 0.173 e. The van der Waals surface area contributed by atoms with Crippen molar-refractivity contribution in [3.8, 4) is 0 Å². The zero-order valence-corrected chi connectivity index (χ0v) is 11.6. The minimum atomic E-state index is 0.153. The average molecular weight is 265 g/mol. The van der Waals surface area contributed by atoms with E-state index in [1.165, 1.54) is 25.7 Å². The van der Waals surface area contributed by atoms with Crippen LogP contribution >= 0.6 is 11.8 Å². The summed E-state index contributed by atoms with van der Waals surface area (Å²) in [7, 11) is 0. The van der Waals surface area contributed by atoms with Gasteiger partial charge in [0.2, 0.25) is 0 Å². The largest absolute Gasteiger partial charge is 0.409 e. The Morgan fingerprint density at radius 2 is 2.11 bits per heavy atom. The van der Waals surface area contributed by atoms with E-state index in [4.69, 9.17) is 10.9 Å². The molecule has 1 aliphatic rings. The van der Waals surface area contributed by atoms with Gasteiger partial charge < -0.3 is 10.9 Å². The van der Waals surface area contributed by atoms with E-state index in [-0.39, 0.29) is 5.84 Å². The molecule has 1 saturated carbocycles. The van der Waals surface area contributed by atoms with Gasteiger partial charge in [0.05, 0.1) is 5.56 Å². The van der Waals surface area contributed by atoms with Crippen molar-refractivity contribution in [3.05, 3.63) is 23.0 Å². The van der Waals surface area contributed by atoms with Gasteiger partial charge in [-0.3, -0.25) is 4.98 Å². The minimum Gasteiger partial charge on any atom is -0.409 e. The summed E-state index contributed by atoms with van der Waals surface area (Å²) in [6, 6.07) is 2.03. The highest BCUT2D eigenvalue weighted by atomic mass is 32.2. The zero-order valence-electron chi connectivity index (χ0n) is 10.8. The maximum atomic E-state index is 8.89. The standard InChI is InChI=1S/C13H19N3OS/c1-8-7-11(18-10-5-3-4-6-10)12(9(2)15-8)13(14)16-17/h7,10,17H,3-6H2,1-2H3,(H2,14,16). The summed E-state index contributed by atoms with van der Waals surface area (Å²) in [5.41, 5.74) is 8.34. The summed E-state index contributed by atoms with van der Waals surface area (Å²) in [5.74, 6) is 0.153. The molecule has 18 heavy (non-hydrogen) atoms. The molecule has 0 bridgehead atoms. The molecule has 0 amide bonds. The van der Waals surface area contributed by atoms with E-state index in [0.29, 0.717) is 5.25 Å². The number of pyridine rings is 1. The first-order chi connectivity index (χ1) is 8.61. The highest BCUT2D eigenvalue weighted by Gasteiger charge is 2.20. The van der Waals surface area contributed by atoms with Crippen molar-refractivity contribution in [2.45, 2.75) is 49.7 Å². The Labute approximate surface area is 112 Å². The quantitative estimate of drug-likeness (QED) is 0.381. The van der Waals surface area contributed by atoms with E-state index in [1.807, 2.05) is 31.7 Å². The smallest absolute Gasteiger partial charge is 0.173 e. The van der Waals surface area contributed by atoms with Crippen molar-refractivity contribution < 1.29 is 5.21 Å². The summed E-state index contributed by atoms with van der Waals surface area (Å²) in [6.07, 6.45) is 5.11. The van der Waals surface area contributed by atoms with Gasteiger partial charge in [-0.05, 0) is 32.8 Å². The molecule has 1 heterocycles. The van der Waals surface area contributed by atoms with Crippen molar-refractivity contribution in [1.29, 1.82) is 0 Å². The number of nitrogens with two attached hydrogens (primary N) is 1. The molecule has 1 aromatic rings. The fraction of sp³-hybridized carbons (Fsp3) is 0.538. The number of hydrogen-bond donors (Lipinski definition) is 2. The Morgan fingerprint density at radius 1 is 1.44 bits per heavy atom. The van der Waals surface area contributed by atoms with E-state index in [9.17, 15) is 0 Å². The Hall–Kier alpha value is -1.23. The lowest BCUT2D eigenvalue weighted by Crippen LogP contribution is -2.17. The van der Waals surface area contributed by atoms with Crippen LogP contribution in [0.2, 0.25) is 0 Å². The number of nitrogens with zero attached hydrogens (tertiary/aromatic N) is 2. The summed E-state index contributed by atoms with van der Waals surface area (Å²) in [5, 5.41) is 12.7. The van der Waals surface area contributed by atoms with Gasteiger partial charge in [0, 0.05) is 21.5 Å². The van der Waals surface area contributed by atoms with Crippen LogP contribution in [-0.2, 0) is 0 Å². The zero-order chi connectivity index (χ0) is 13.1. The van der Waals surface area contributed by atoms with Crippen LogP contribution in [0, 0.1) is 13.8 Å². The fourth-order valence-electron chi connectivity index (χ4n) is 2.43. The summed E-state index contributed by atoms with van der Waals surface area (Å²) < 4.78 is 0. The lowest BCUT2D eigenvalue weighted by molar-refractivity contribution is 0.318. The van der Waals surface area contributed by atoms with Crippen molar-refractivity contribution in [2.24, 2.45) is 10.9 Å². The maximum absolute atomic E-state index is 8.89. The van der Waals surface area contributed by atoms with Gasteiger partial charge in [-0.2, -0.15) is 0 Å². The molecule has 4 nitrogen and oxygen atoms in total. The predicted molar refractivity (Wildman–Crippen MR) is 74.3 cm³/mol. The molecule has 0 atom stereocenters. The first-order valence-corrected chi connectivity index (χ1v) is 7.12. The molecule has 1 aliphatic carbocycles. The number of thioether (sulfide) groups is 1. The van der Waals surface area contributed by atoms with Crippen LogP contribution < -0.4 is 5.73 Å². The first kappa shape index (κ1) is 13.2. The van der Waals surface area contributed by atoms with E-state index < -0.39 is 0 Å². The van der Waals surface area contributed by atoms with Crippen molar-refractivity contribution >= 4 is 17.6 Å². The van der Waals surface area contributed by atoms with E-state index in [2.05, 4.69) is 10.1 Å². The number of aromatic nitrogens is 1. The third-order valence-electron chi connectivity index (χ3n) is 3.25. The molecule has 0 saturated heterocycles. The molecule has 0 radical (unpaired) electrons. The number of aryl methyl sites for hydroxylation is 2. The van der Waals surface area contributed by atoms with Gasteiger partial charge >= 0.3 is 0 Å². The highest BCUT2D eigenvalue weighted by Crippen LogP contribution is 2.37. The fourth-order valence-corrected chi connectivity index (χ4v) is 3.97. The highest BCUT2D eigenvalue weighted by molar-refractivity contribution is 8.00. The predicted octanol–water partition coefficient (Wildman–Crippen LogP) is 2.83. The third kappa shape index (κ3) is 2.77. The first-order valence-electron chi connectivity index (χ1n) is 6.24. The Morgan fingerprint density at radius 3 is 2.72 bits per heavy atom. The second-order valence-corrected chi connectivity index (χ2v) is 6.07. The molecule has 1 aromatic heterocycles. The molecule has 0 aliphatic heterocycles. The second-order valence-electron chi connectivity index (χ2n) is 4.73. The van der Waals surface area contributed by atoms with Crippen LogP contribution in [0.3, 0.4) is 0 Å². The Bertz CT molecular complexity index is 468. The Balaban J connectivity index is 2.36. The lowest BCUT2D eigenvalue weighted by atomic mass is 10.1. The summed E-state index contributed by atoms with van der Waals surface area (Å²) in [6.45, 7) is 3.88. The van der Waals surface area contributed by atoms with Crippen LogP contribution in [-0.4, -0.2) is 21.3 Å². The van der Waals surface area contributed by atoms with Gasteiger partial charge in [-0.1, -0.05) is 18.0 Å². The van der Waals surface area contributed by atoms with E-state index in [0.717, 1.165) is 21.8 Å². The molecule has 3 N–H and O–H groups in total. The molecular weight excluding hydrogens is 246 g/mol. The number of hydrogen-bond acceptors (Lipinski definition) is 4. The molecule has 0 spiro atoms. The topological polar surface area (TPSA) is 71.5 Å². The molecule has 0 unspecified atom stereocenters. The SMILES string of the molecule is Cc1cc(SC2CCCC2)c(/C(N)=N/O)c(C)n1. The molecule has 2 rings (SSSR count). The second kappa shape index (κ2) is 5.61. The third-order valence-corrected chi connectivity index (χ3v) is 4.63. The van der Waals surface area contributed by atoms with Crippen molar-refractivity contribution in [1.82, 2.24) is 4.98 Å². The molecule has 0 aromatic carbocycles. The lowest BCUT2D eigenvalue weighted by Gasteiger charge is -2.15. The van der Waals surface area contributed by atoms with Crippen LogP contribution in [0.15, 0.2) is 16.1 Å². The minimum absolute atomic E-state index is 0.153. The summed E-state index contributed by atoms with van der Waals surface area (Å²) in [4.78, 5) is 5.48. The molecule has 1 fully saturated rings. The normalized spacial score (nSPS) is 17.3. The number of rotatable bonds is 3. The van der Waals surface area contributed by atoms with Gasteiger partial charge in [0.1, 0.15) is 0 Å². The Kier molecular flexibility index (Phi) is 4.11. The number of oxime groups is 1. The summed E-state index contributed by atoms with van der Waals surface area (Å²) >= 11 is 1.84.